The quantitative estimate of drug-likeness (QED) is 0.278. The minimum atomic E-state index is -0.148. The number of unbranched alkanes of at least 4 members (excludes halogenated alkanes) is 1. The molecule has 6 nitrogen and oxygen atoms in total. The van der Waals surface area contributed by atoms with Gasteiger partial charge < -0.3 is 15.4 Å². The summed E-state index contributed by atoms with van der Waals surface area (Å²) in [6.07, 6.45) is 2.22. The molecule has 0 unspecified atom stereocenters. The molecule has 0 saturated carbocycles. The molecule has 0 aliphatic carbocycles. The van der Waals surface area contributed by atoms with E-state index in [0.717, 1.165) is 38.4 Å². The molecule has 130 valence electrons. The highest BCUT2D eigenvalue weighted by atomic mass is 16.5. The normalized spacial score (nSPS) is 12.1. The number of aliphatic imine (C=N–C) groups is 1. The Bertz CT molecular complexity index is 322. The number of rotatable bonds is 10. The third-order valence-corrected chi connectivity index (χ3v) is 3.54. The average molecular weight is 314 g/mol. The monoisotopic (exact) mass is 314 g/mol. The number of ether oxygens (including phenoxy) is 1. The number of carbonyl (C=O) groups is 1. The summed E-state index contributed by atoms with van der Waals surface area (Å²) in [7, 11) is 3.19. The van der Waals surface area contributed by atoms with Crippen LogP contribution in [0.1, 0.15) is 47.0 Å². The molecule has 0 amide bonds. The fraction of sp³-hybridized carbons (Fsp3) is 0.875. The van der Waals surface area contributed by atoms with Crippen LogP contribution >= 0.6 is 0 Å². The minimum absolute atomic E-state index is 0.148. The van der Waals surface area contributed by atoms with Gasteiger partial charge in [-0.15, -0.1) is 0 Å². The van der Waals surface area contributed by atoms with Gasteiger partial charge in [0.2, 0.25) is 0 Å². The molecule has 6 heteroatoms. The van der Waals surface area contributed by atoms with Crippen LogP contribution in [0, 0.1) is 0 Å². The molecule has 0 fully saturated rings. The first-order chi connectivity index (χ1) is 10.4. The maximum atomic E-state index is 11.0. The van der Waals surface area contributed by atoms with E-state index in [1.54, 1.807) is 7.05 Å². The molecule has 0 aromatic carbocycles. The van der Waals surface area contributed by atoms with E-state index in [1.807, 2.05) is 0 Å². The van der Waals surface area contributed by atoms with Crippen LogP contribution in [0.4, 0.5) is 0 Å². The van der Waals surface area contributed by atoms with Crippen LogP contribution in [0.2, 0.25) is 0 Å². The number of methoxy groups -OCH3 is 1. The maximum Gasteiger partial charge on any atom is 0.305 e. The lowest BCUT2D eigenvalue weighted by Crippen LogP contribution is -2.45. The molecule has 0 rings (SSSR count). The molecule has 0 heterocycles. The topological polar surface area (TPSA) is 66.0 Å². The van der Waals surface area contributed by atoms with E-state index < -0.39 is 0 Å². The van der Waals surface area contributed by atoms with Crippen molar-refractivity contribution in [3.63, 3.8) is 0 Å². The summed E-state index contributed by atoms with van der Waals surface area (Å²) >= 11 is 0. The largest absolute Gasteiger partial charge is 0.469 e. The zero-order valence-corrected chi connectivity index (χ0v) is 15.1. The van der Waals surface area contributed by atoms with Crippen LogP contribution in [0.25, 0.3) is 0 Å². The van der Waals surface area contributed by atoms with Gasteiger partial charge in [-0.2, -0.15) is 0 Å². The van der Waals surface area contributed by atoms with Crippen LogP contribution in [0.3, 0.4) is 0 Å². The van der Waals surface area contributed by atoms with Crippen molar-refractivity contribution < 1.29 is 9.53 Å². The average Bonchev–Trinajstić information content (AvgIpc) is 2.47. The SMILES string of the molecule is CN=C(NCCCCC(=O)OC)NCCN(C(C)C)C(C)C. The van der Waals surface area contributed by atoms with E-state index in [-0.39, 0.29) is 5.97 Å². The van der Waals surface area contributed by atoms with Crippen molar-refractivity contribution >= 4 is 11.9 Å². The highest BCUT2D eigenvalue weighted by Crippen LogP contribution is 2.03. The molecule has 0 radical (unpaired) electrons. The minimum Gasteiger partial charge on any atom is -0.469 e. The molecule has 0 aliphatic rings. The summed E-state index contributed by atoms with van der Waals surface area (Å²) in [6, 6.07) is 1.07. The zero-order valence-electron chi connectivity index (χ0n) is 15.1. The Labute approximate surface area is 135 Å². The lowest BCUT2D eigenvalue weighted by Gasteiger charge is -2.30. The molecule has 0 aromatic rings. The second-order valence-electron chi connectivity index (χ2n) is 5.88. The number of nitrogens with zero attached hydrogens (tertiary/aromatic N) is 2. The van der Waals surface area contributed by atoms with Crippen LogP contribution in [0.15, 0.2) is 4.99 Å². The van der Waals surface area contributed by atoms with Crippen LogP contribution in [-0.2, 0) is 9.53 Å². The fourth-order valence-electron chi connectivity index (χ4n) is 2.34. The third kappa shape index (κ3) is 9.60. The van der Waals surface area contributed by atoms with Gasteiger partial charge in [0.1, 0.15) is 0 Å². The van der Waals surface area contributed by atoms with Crippen LogP contribution in [0.5, 0.6) is 0 Å². The van der Waals surface area contributed by atoms with Crippen molar-refractivity contribution in [2.45, 2.75) is 59.0 Å². The maximum absolute atomic E-state index is 11.0. The highest BCUT2D eigenvalue weighted by molar-refractivity contribution is 5.79. The van der Waals surface area contributed by atoms with Crippen molar-refractivity contribution in [3.05, 3.63) is 0 Å². The standard InChI is InChI=1S/C16H34N4O2/c1-13(2)20(14(3)4)12-11-19-16(17-5)18-10-8-7-9-15(21)22-6/h13-14H,7-12H2,1-6H3,(H2,17,18,19). The Hall–Kier alpha value is -1.30. The van der Waals surface area contributed by atoms with Gasteiger partial charge in [-0.05, 0) is 40.5 Å². The first-order valence-corrected chi connectivity index (χ1v) is 8.19. The summed E-state index contributed by atoms with van der Waals surface area (Å²) in [5, 5.41) is 6.59. The van der Waals surface area contributed by atoms with Gasteiger partial charge in [0.25, 0.3) is 0 Å². The molecule has 0 spiro atoms. The summed E-state index contributed by atoms with van der Waals surface area (Å²) in [6.45, 7) is 11.5. The number of hydrogen-bond donors (Lipinski definition) is 2. The predicted octanol–water partition coefficient (Wildman–Crippen LogP) is 1.61. The second kappa shape index (κ2) is 12.3. The van der Waals surface area contributed by atoms with Crippen LogP contribution < -0.4 is 10.6 Å². The molecule has 0 atom stereocenters. The Morgan fingerprint density at radius 3 is 2.18 bits per heavy atom. The summed E-state index contributed by atoms with van der Waals surface area (Å²) in [5.41, 5.74) is 0. The van der Waals surface area contributed by atoms with E-state index in [0.29, 0.717) is 18.5 Å². The zero-order chi connectivity index (χ0) is 17.0. The van der Waals surface area contributed by atoms with E-state index in [1.165, 1.54) is 7.11 Å². The summed E-state index contributed by atoms with van der Waals surface area (Å²) in [5.74, 6) is 0.662. The Morgan fingerprint density at radius 1 is 1.09 bits per heavy atom. The third-order valence-electron chi connectivity index (χ3n) is 3.54. The van der Waals surface area contributed by atoms with Crippen molar-refractivity contribution in [2.75, 3.05) is 33.8 Å². The summed E-state index contributed by atoms with van der Waals surface area (Å²) < 4.78 is 4.61. The molecular formula is C16H34N4O2. The Kier molecular flexibility index (Phi) is 11.5. The van der Waals surface area contributed by atoms with E-state index in [4.69, 9.17) is 0 Å². The van der Waals surface area contributed by atoms with E-state index in [2.05, 4.69) is 53.0 Å². The number of nitrogens with one attached hydrogen (secondary N) is 2. The van der Waals surface area contributed by atoms with Crippen molar-refractivity contribution in [1.82, 2.24) is 15.5 Å². The van der Waals surface area contributed by atoms with Crippen LogP contribution in [-0.4, -0.2) is 62.7 Å². The van der Waals surface area contributed by atoms with Gasteiger partial charge in [0.05, 0.1) is 7.11 Å². The number of carbonyl (C=O) groups excluding carboxylic acids is 1. The second-order valence-corrected chi connectivity index (χ2v) is 5.88. The predicted molar refractivity (Wildman–Crippen MR) is 92.2 cm³/mol. The first kappa shape index (κ1) is 20.7. The highest BCUT2D eigenvalue weighted by Gasteiger charge is 2.12. The Morgan fingerprint density at radius 2 is 1.68 bits per heavy atom. The van der Waals surface area contributed by atoms with Gasteiger partial charge in [0.15, 0.2) is 5.96 Å². The van der Waals surface area contributed by atoms with Gasteiger partial charge in [-0.25, -0.2) is 0 Å². The Balaban J connectivity index is 3.87. The molecule has 2 N–H and O–H groups in total. The molecule has 0 aliphatic heterocycles. The first-order valence-electron chi connectivity index (χ1n) is 8.19. The molecular weight excluding hydrogens is 280 g/mol. The molecule has 0 bridgehead atoms. The van der Waals surface area contributed by atoms with E-state index in [9.17, 15) is 4.79 Å². The van der Waals surface area contributed by atoms with Gasteiger partial charge >= 0.3 is 5.97 Å². The van der Waals surface area contributed by atoms with Crippen molar-refractivity contribution in [2.24, 2.45) is 4.99 Å². The van der Waals surface area contributed by atoms with E-state index >= 15 is 0 Å². The summed E-state index contributed by atoms with van der Waals surface area (Å²) in [4.78, 5) is 17.6. The van der Waals surface area contributed by atoms with Crippen molar-refractivity contribution in [1.29, 1.82) is 0 Å². The number of guanidine groups is 1. The van der Waals surface area contributed by atoms with Crippen molar-refractivity contribution in [3.8, 4) is 0 Å². The number of esters is 1. The lowest BCUT2D eigenvalue weighted by atomic mass is 10.2. The van der Waals surface area contributed by atoms with Gasteiger partial charge in [-0.1, -0.05) is 0 Å². The fourth-order valence-corrected chi connectivity index (χ4v) is 2.34. The van der Waals surface area contributed by atoms with Gasteiger partial charge in [-0.3, -0.25) is 14.7 Å². The lowest BCUT2D eigenvalue weighted by molar-refractivity contribution is -0.140. The molecule has 0 saturated heterocycles. The molecule has 0 aromatic heterocycles. The molecule has 22 heavy (non-hydrogen) atoms. The number of hydrogen-bond acceptors (Lipinski definition) is 4. The van der Waals surface area contributed by atoms with Gasteiger partial charge in [0, 0.05) is 45.2 Å². The smallest absolute Gasteiger partial charge is 0.305 e.